The van der Waals surface area contributed by atoms with Crippen molar-refractivity contribution in [3.8, 4) is 0 Å². The number of aliphatic carboxylic acids is 1. The van der Waals surface area contributed by atoms with E-state index in [-0.39, 0.29) is 24.8 Å². The highest BCUT2D eigenvalue weighted by Gasteiger charge is 2.41. The Morgan fingerprint density at radius 1 is 1.05 bits per heavy atom. The van der Waals surface area contributed by atoms with Gasteiger partial charge in [0, 0.05) is 50.3 Å². The maximum atomic E-state index is 13.0. The molecule has 0 radical (unpaired) electrons. The standard InChI is InChI=1S/C27H41N3O4.C2HF3O2/c28-26(33)21-8-4-7-20(15-21)22-16-23-9-10-24(17-22)30(23)13-12-29(27(34)25(32)11-14-31)18-19-5-2-1-3-6-19;3-2(4,5)1(6)7/h4,7-8,15,19,22-25,31-32H,1-3,5-6,9-14,16-18H2,(H2,28,33);(H,6,7)/t22?,23-,24+,25-;/m0./s1. The molecule has 5 N–H and O–H groups in total. The van der Waals surface area contributed by atoms with E-state index in [1.54, 1.807) is 6.07 Å². The number of nitrogens with two attached hydrogens (primary N) is 1. The third-order valence-electron chi connectivity index (χ3n) is 8.60. The molecular formula is C29H42F3N3O6. The first kappa shape index (κ1) is 32.8. The Bertz CT molecular complexity index is 1020. The minimum absolute atomic E-state index is 0.0982. The second-order valence-electron chi connectivity index (χ2n) is 11.4. The van der Waals surface area contributed by atoms with Gasteiger partial charge in [0.15, 0.2) is 0 Å². The van der Waals surface area contributed by atoms with E-state index in [4.69, 9.17) is 15.6 Å². The number of alkyl halides is 3. The fourth-order valence-corrected chi connectivity index (χ4v) is 6.52. The number of hydrogen-bond donors (Lipinski definition) is 4. The van der Waals surface area contributed by atoms with Gasteiger partial charge in [0.1, 0.15) is 6.10 Å². The normalized spacial score (nSPS) is 23.8. The molecule has 0 spiro atoms. The molecule has 2 heterocycles. The molecule has 2 saturated heterocycles. The molecule has 2 bridgehead atoms. The number of aliphatic hydroxyl groups is 2. The first-order valence-electron chi connectivity index (χ1n) is 14.4. The van der Waals surface area contributed by atoms with Gasteiger partial charge in [-0.05, 0) is 68.1 Å². The predicted molar refractivity (Wildman–Crippen MR) is 145 cm³/mol. The van der Waals surface area contributed by atoms with Crippen LogP contribution in [0.1, 0.15) is 86.0 Å². The van der Waals surface area contributed by atoms with E-state index in [1.165, 1.54) is 37.7 Å². The summed E-state index contributed by atoms with van der Waals surface area (Å²) in [5, 5.41) is 26.6. The fourth-order valence-electron chi connectivity index (χ4n) is 6.52. The number of hydrogen-bond acceptors (Lipinski definition) is 6. The van der Waals surface area contributed by atoms with Crippen LogP contribution >= 0.6 is 0 Å². The molecule has 0 aromatic heterocycles. The number of carboxylic acid groups (broad SMARTS) is 1. The smallest absolute Gasteiger partial charge is 0.475 e. The van der Waals surface area contributed by atoms with Gasteiger partial charge in [-0.1, -0.05) is 31.4 Å². The minimum Gasteiger partial charge on any atom is -0.475 e. The molecule has 1 aromatic rings. The Hall–Kier alpha value is -2.70. The average molecular weight is 586 g/mol. The number of carboxylic acids is 1. The summed E-state index contributed by atoms with van der Waals surface area (Å²) in [6.45, 7) is 1.99. The minimum atomic E-state index is -5.08. The van der Waals surface area contributed by atoms with Crippen molar-refractivity contribution in [3.63, 3.8) is 0 Å². The molecule has 1 unspecified atom stereocenters. The van der Waals surface area contributed by atoms with E-state index in [9.17, 15) is 33.0 Å². The van der Waals surface area contributed by atoms with Gasteiger partial charge in [-0.25, -0.2) is 4.79 Å². The summed E-state index contributed by atoms with van der Waals surface area (Å²) in [5.41, 5.74) is 7.27. The van der Waals surface area contributed by atoms with Crippen molar-refractivity contribution in [1.82, 2.24) is 9.80 Å². The van der Waals surface area contributed by atoms with E-state index in [0.717, 1.165) is 32.2 Å². The maximum absolute atomic E-state index is 13.0. The Balaban J connectivity index is 0.000000587. The SMILES string of the molecule is NC(=O)c1cccc(C2C[C@H]3CC[C@@H](C2)N3CCN(CC2CCCCC2)C(=O)[C@@H](O)CCO)c1.O=C(O)C(F)(F)F. The maximum Gasteiger partial charge on any atom is 0.490 e. The fraction of sp³-hybridized carbons (Fsp3) is 0.690. The van der Waals surface area contributed by atoms with E-state index in [0.29, 0.717) is 42.6 Å². The second-order valence-corrected chi connectivity index (χ2v) is 11.4. The number of amides is 2. The molecule has 1 aromatic carbocycles. The van der Waals surface area contributed by atoms with Crippen LogP contribution in [0.2, 0.25) is 0 Å². The summed E-state index contributed by atoms with van der Waals surface area (Å²) in [6, 6.07) is 8.73. The lowest BCUT2D eigenvalue weighted by molar-refractivity contribution is -0.192. The highest BCUT2D eigenvalue weighted by atomic mass is 19.4. The van der Waals surface area contributed by atoms with Crippen LogP contribution in [0.15, 0.2) is 24.3 Å². The van der Waals surface area contributed by atoms with Gasteiger partial charge in [-0.15, -0.1) is 0 Å². The van der Waals surface area contributed by atoms with Gasteiger partial charge in [0.2, 0.25) is 5.91 Å². The number of carbonyl (C=O) groups is 3. The number of fused-ring (bicyclic) bond motifs is 2. The number of rotatable bonds is 10. The van der Waals surface area contributed by atoms with Crippen LogP contribution in [0.4, 0.5) is 13.2 Å². The second kappa shape index (κ2) is 15.0. The van der Waals surface area contributed by atoms with Crippen LogP contribution in [-0.4, -0.2) is 93.5 Å². The molecule has 2 amide bonds. The Labute approximate surface area is 238 Å². The lowest BCUT2D eigenvalue weighted by Crippen LogP contribution is -2.49. The molecule has 230 valence electrons. The molecule has 3 fully saturated rings. The highest BCUT2D eigenvalue weighted by Crippen LogP contribution is 2.43. The van der Waals surface area contributed by atoms with Crippen molar-refractivity contribution in [2.45, 2.75) is 94.5 Å². The summed E-state index contributed by atoms with van der Waals surface area (Å²) in [6.07, 6.45) is 4.38. The molecule has 3 aliphatic rings. The number of halogens is 3. The topological polar surface area (TPSA) is 144 Å². The zero-order valence-electron chi connectivity index (χ0n) is 23.3. The van der Waals surface area contributed by atoms with Crippen LogP contribution in [0, 0.1) is 5.92 Å². The number of primary amides is 1. The summed E-state index contributed by atoms with van der Waals surface area (Å²) in [5.74, 6) is -2.43. The summed E-state index contributed by atoms with van der Waals surface area (Å²) in [7, 11) is 0. The van der Waals surface area contributed by atoms with Crippen LogP contribution < -0.4 is 5.73 Å². The molecule has 1 aliphatic carbocycles. The number of nitrogens with zero attached hydrogens (tertiary/aromatic N) is 2. The average Bonchev–Trinajstić information content (AvgIpc) is 3.17. The number of carbonyl (C=O) groups excluding carboxylic acids is 2. The summed E-state index contributed by atoms with van der Waals surface area (Å²) < 4.78 is 31.7. The lowest BCUT2D eigenvalue weighted by atomic mass is 9.84. The predicted octanol–water partition coefficient (Wildman–Crippen LogP) is 3.28. The third-order valence-corrected chi connectivity index (χ3v) is 8.60. The quantitative estimate of drug-likeness (QED) is 0.330. The third kappa shape index (κ3) is 9.40. The molecule has 1 saturated carbocycles. The van der Waals surface area contributed by atoms with Crippen molar-refractivity contribution in [2.75, 3.05) is 26.2 Å². The molecular weight excluding hydrogens is 543 g/mol. The van der Waals surface area contributed by atoms with Gasteiger partial charge in [0.05, 0.1) is 0 Å². The van der Waals surface area contributed by atoms with E-state index in [1.807, 2.05) is 17.0 Å². The lowest BCUT2D eigenvalue weighted by Gasteiger charge is -2.41. The highest BCUT2D eigenvalue weighted by molar-refractivity contribution is 5.92. The van der Waals surface area contributed by atoms with Gasteiger partial charge in [-0.2, -0.15) is 13.2 Å². The van der Waals surface area contributed by atoms with Crippen molar-refractivity contribution >= 4 is 17.8 Å². The first-order chi connectivity index (χ1) is 19.4. The molecule has 2 aliphatic heterocycles. The monoisotopic (exact) mass is 585 g/mol. The number of piperidine rings is 1. The zero-order chi connectivity index (χ0) is 30.2. The van der Waals surface area contributed by atoms with Crippen molar-refractivity contribution in [2.24, 2.45) is 11.7 Å². The van der Waals surface area contributed by atoms with Gasteiger partial charge in [0.25, 0.3) is 5.91 Å². The zero-order valence-corrected chi connectivity index (χ0v) is 23.3. The van der Waals surface area contributed by atoms with Gasteiger partial charge < -0.3 is 26.0 Å². The largest absolute Gasteiger partial charge is 0.490 e. The Morgan fingerprint density at radius 3 is 2.20 bits per heavy atom. The van der Waals surface area contributed by atoms with Crippen LogP contribution in [0.3, 0.4) is 0 Å². The Morgan fingerprint density at radius 2 is 1.66 bits per heavy atom. The summed E-state index contributed by atoms with van der Waals surface area (Å²) >= 11 is 0. The molecule has 12 heteroatoms. The number of benzene rings is 1. The molecule has 9 nitrogen and oxygen atoms in total. The van der Waals surface area contributed by atoms with Crippen LogP contribution in [-0.2, 0) is 9.59 Å². The first-order valence-corrected chi connectivity index (χ1v) is 14.4. The van der Waals surface area contributed by atoms with Gasteiger partial charge in [-0.3, -0.25) is 14.5 Å². The van der Waals surface area contributed by atoms with Gasteiger partial charge >= 0.3 is 12.1 Å². The molecule has 4 rings (SSSR count). The molecule has 41 heavy (non-hydrogen) atoms. The van der Waals surface area contributed by atoms with E-state index >= 15 is 0 Å². The Kier molecular flexibility index (Phi) is 12.0. The van der Waals surface area contributed by atoms with Crippen molar-refractivity contribution in [3.05, 3.63) is 35.4 Å². The van der Waals surface area contributed by atoms with Crippen LogP contribution in [0.25, 0.3) is 0 Å². The van der Waals surface area contributed by atoms with Crippen molar-refractivity contribution < 1.29 is 42.9 Å². The van der Waals surface area contributed by atoms with E-state index < -0.39 is 18.2 Å². The molecule has 4 atom stereocenters. The number of aliphatic hydroxyl groups excluding tert-OH is 2. The van der Waals surface area contributed by atoms with Crippen molar-refractivity contribution in [1.29, 1.82) is 0 Å². The summed E-state index contributed by atoms with van der Waals surface area (Å²) in [4.78, 5) is 38.0. The van der Waals surface area contributed by atoms with E-state index in [2.05, 4.69) is 11.0 Å². The van der Waals surface area contributed by atoms with Crippen LogP contribution in [0.5, 0.6) is 0 Å².